The van der Waals surface area contributed by atoms with Crippen LogP contribution in [0, 0.1) is 0 Å². The average Bonchev–Trinajstić information content (AvgIpc) is 2.94. The number of hydrogen-bond acceptors (Lipinski definition) is 5. The van der Waals surface area contributed by atoms with Gasteiger partial charge in [0.05, 0.1) is 31.3 Å². The van der Waals surface area contributed by atoms with Crippen LogP contribution in [0.1, 0.15) is 59.3 Å². The molecular weight excluding hydrogens is 346 g/mol. The Bertz CT molecular complexity index is 793. The van der Waals surface area contributed by atoms with Crippen molar-refractivity contribution in [1.29, 1.82) is 0 Å². The van der Waals surface area contributed by atoms with Crippen LogP contribution in [-0.2, 0) is 11.3 Å². The van der Waals surface area contributed by atoms with Crippen molar-refractivity contribution in [3.8, 4) is 11.5 Å². The Hall–Kier alpha value is -2.44. The number of carbonyl (C=O) groups is 1. The van der Waals surface area contributed by atoms with Crippen LogP contribution in [-0.4, -0.2) is 35.5 Å². The lowest BCUT2D eigenvalue weighted by molar-refractivity contribution is 0.0505. The van der Waals surface area contributed by atoms with Gasteiger partial charge < -0.3 is 24.1 Å². The largest absolute Gasteiger partial charge is 0.493 e. The number of nitrogens with zero attached hydrogens (tertiary/aromatic N) is 2. The van der Waals surface area contributed by atoms with Crippen LogP contribution in [0.15, 0.2) is 12.1 Å². The Morgan fingerprint density at radius 3 is 2.41 bits per heavy atom. The average molecular weight is 377 g/mol. The van der Waals surface area contributed by atoms with Crippen LogP contribution in [0.25, 0.3) is 11.0 Å². The number of imidazole rings is 1. The molecule has 0 aliphatic rings. The summed E-state index contributed by atoms with van der Waals surface area (Å²) in [5.41, 5.74) is 1.21. The molecule has 2 aromatic rings. The van der Waals surface area contributed by atoms with E-state index >= 15 is 0 Å². The zero-order chi connectivity index (χ0) is 20.2. The van der Waals surface area contributed by atoms with Crippen molar-refractivity contribution in [2.75, 3.05) is 14.2 Å². The summed E-state index contributed by atoms with van der Waals surface area (Å²) in [4.78, 5) is 16.9. The fourth-order valence-electron chi connectivity index (χ4n) is 2.90. The number of methoxy groups -OCH3 is 2. The summed E-state index contributed by atoms with van der Waals surface area (Å²) in [6.07, 6.45) is 1.60. The molecule has 0 fully saturated rings. The van der Waals surface area contributed by atoms with Crippen molar-refractivity contribution in [2.45, 2.75) is 65.6 Å². The topological polar surface area (TPSA) is 74.6 Å². The van der Waals surface area contributed by atoms with Crippen molar-refractivity contribution in [1.82, 2.24) is 14.9 Å². The van der Waals surface area contributed by atoms with E-state index in [0.29, 0.717) is 11.5 Å². The zero-order valence-corrected chi connectivity index (χ0v) is 17.4. The van der Waals surface area contributed by atoms with Crippen molar-refractivity contribution in [3.63, 3.8) is 0 Å². The van der Waals surface area contributed by atoms with E-state index in [4.69, 9.17) is 19.2 Å². The highest BCUT2D eigenvalue weighted by Gasteiger charge is 2.23. The molecule has 150 valence electrons. The number of unbranched alkanes of at least 4 members (excludes halogenated alkanes) is 1. The summed E-state index contributed by atoms with van der Waals surface area (Å²) in [6.45, 7) is 10.4. The number of aryl methyl sites for hydroxylation is 1. The molecule has 27 heavy (non-hydrogen) atoms. The maximum atomic E-state index is 12.2. The molecule has 7 heteroatoms. The lowest BCUT2D eigenvalue weighted by atomic mass is 10.2. The molecule has 1 atom stereocenters. The second-order valence-electron chi connectivity index (χ2n) is 7.54. The summed E-state index contributed by atoms with van der Waals surface area (Å²) in [7, 11) is 3.22. The Balaban J connectivity index is 2.42. The van der Waals surface area contributed by atoms with Gasteiger partial charge in [-0.05, 0) is 34.1 Å². The highest BCUT2D eigenvalue weighted by atomic mass is 16.6. The van der Waals surface area contributed by atoms with E-state index in [9.17, 15) is 4.79 Å². The third-order valence-electron chi connectivity index (χ3n) is 4.14. The molecule has 0 radical (unpaired) electrons. The molecule has 1 aromatic heterocycles. The van der Waals surface area contributed by atoms with Crippen LogP contribution in [0.5, 0.6) is 11.5 Å². The molecule has 0 saturated carbocycles. The number of alkyl carbamates (subject to hydrolysis) is 1. The molecule has 1 amide bonds. The predicted octanol–water partition coefficient (Wildman–Crippen LogP) is 4.44. The van der Waals surface area contributed by atoms with Gasteiger partial charge in [-0.25, -0.2) is 9.78 Å². The fraction of sp³-hybridized carbons (Fsp3) is 0.600. The second-order valence-corrected chi connectivity index (χ2v) is 7.54. The molecule has 1 heterocycles. The SMILES string of the molecule is CCCCn1c([C@@H](C)NC(=O)OC(C)(C)C)nc2cc(OC)c(OC)cc21. The molecule has 0 spiro atoms. The van der Waals surface area contributed by atoms with E-state index in [1.165, 1.54) is 0 Å². The molecule has 1 aromatic carbocycles. The van der Waals surface area contributed by atoms with Gasteiger partial charge in [0, 0.05) is 18.7 Å². The highest BCUT2D eigenvalue weighted by molar-refractivity contribution is 5.81. The van der Waals surface area contributed by atoms with Crippen LogP contribution >= 0.6 is 0 Å². The number of hydrogen-bond donors (Lipinski definition) is 1. The Labute approximate surface area is 161 Å². The number of nitrogens with one attached hydrogen (secondary N) is 1. The van der Waals surface area contributed by atoms with Crippen molar-refractivity contribution in [2.24, 2.45) is 0 Å². The Morgan fingerprint density at radius 2 is 1.85 bits per heavy atom. The van der Waals surface area contributed by atoms with Gasteiger partial charge in [0.25, 0.3) is 0 Å². The first-order chi connectivity index (χ1) is 12.7. The first kappa shape index (κ1) is 20.9. The maximum absolute atomic E-state index is 12.2. The molecule has 0 unspecified atom stereocenters. The predicted molar refractivity (Wildman–Crippen MR) is 106 cm³/mol. The summed E-state index contributed by atoms with van der Waals surface area (Å²) in [6, 6.07) is 3.49. The van der Waals surface area contributed by atoms with Crippen LogP contribution in [0.2, 0.25) is 0 Å². The van der Waals surface area contributed by atoms with Gasteiger partial charge >= 0.3 is 6.09 Å². The number of fused-ring (bicyclic) bond motifs is 1. The molecule has 0 bridgehead atoms. The number of benzene rings is 1. The normalized spacial score (nSPS) is 12.7. The lowest BCUT2D eigenvalue weighted by Crippen LogP contribution is -2.35. The Morgan fingerprint density at radius 1 is 1.22 bits per heavy atom. The van der Waals surface area contributed by atoms with Gasteiger partial charge in [-0.1, -0.05) is 13.3 Å². The minimum absolute atomic E-state index is 0.305. The second kappa shape index (κ2) is 8.50. The molecule has 0 saturated heterocycles. The van der Waals surface area contributed by atoms with Gasteiger partial charge in [-0.15, -0.1) is 0 Å². The van der Waals surface area contributed by atoms with E-state index in [-0.39, 0.29) is 6.04 Å². The van der Waals surface area contributed by atoms with Crippen LogP contribution in [0.4, 0.5) is 4.79 Å². The number of amides is 1. The summed E-state index contributed by atoms with van der Waals surface area (Å²) in [5.74, 6) is 2.06. The molecule has 2 rings (SSSR count). The molecule has 0 aliphatic heterocycles. The summed E-state index contributed by atoms with van der Waals surface area (Å²) in [5, 5.41) is 2.88. The quantitative estimate of drug-likeness (QED) is 0.772. The molecular formula is C20H31N3O4. The van der Waals surface area contributed by atoms with E-state index in [0.717, 1.165) is 36.2 Å². The van der Waals surface area contributed by atoms with Crippen LogP contribution in [0.3, 0.4) is 0 Å². The third-order valence-corrected chi connectivity index (χ3v) is 4.14. The first-order valence-corrected chi connectivity index (χ1v) is 9.31. The summed E-state index contributed by atoms with van der Waals surface area (Å²) < 4.78 is 18.3. The van der Waals surface area contributed by atoms with E-state index in [1.807, 2.05) is 39.8 Å². The van der Waals surface area contributed by atoms with Crippen molar-refractivity contribution in [3.05, 3.63) is 18.0 Å². The van der Waals surface area contributed by atoms with E-state index in [1.54, 1.807) is 14.2 Å². The first-order valence-electron chi connectivity index (χ1n) is 9.31. The monoisotopic (exact) mass is 377 g/mol. The number of ether oxygens (including phenoxy) is 3. The standard InChI is InChI=1S/C20H31N3O4/c1-8-9-10-23-15-12-17(26-7)16(25-6)11-14(15)22-18(23)13(2)21-19(24)27-20(3,4)5/h11-13H,8-10H2,1-7H3,(H,21,24)/t13-/m1/s1. The minimum Gasteiger partial charge on any atom is -0.493 e. The number of rotatable bonds is 7. The maximum Gasteiger partial charge on any atom is 0.408 e. The van der Waals surface area contributed by atoms with Gasteiger partial charge in [0.15, 0.2) is 11.5 Å². The minimum atomic E-state index is -0.549. The highest BCUT2D eigenvalue weighted by Crippen LogP contribution is 2.33. The molecule has 7 nitrogen and oxygen atoms in total. The van der Waals surface area contributed by atoms with Gasteiger partial charge in [0.2, 0.25) is 0 Å². The lowest BCUT2D eigenvalue weighted by Gasteiger charge is -2.22. The zero-order valence-electron chi connectivity index (χ0n) is 17.4. The number of aromatic nitrogens is 2. The number of carbonyl (C=O) groups excluding carboxylic acids is 1. The molecule has 1 N–H and O–H groups in total. The summed E-state index contributed by atoms with van der Waals surface area (Å²) >= 11 is 0. The van der Waals surface area contributed by atoms with Gasteiger partial charge in [-0.2, -0.15) is 0 Å². The van der Waals surface area contributed by atoms with Crippen molar-refractivity contribution < 1.29 is 19.0 Å². The van der Waals surface area contributed by atoms with Crippen molar-refractivity contribution >= 4 is 17.1 Å². The molecule has 0 aliphatic carbocycles. The van der Waals surface area contributed by atoms with Crippen LogP contribution < -0.4 is 14.8 Å². The Kier molecular flexibility index (Phi) is 6.57. The van der Waals surface area contributed by atoms with E-state index < -0.39 is 11.7 Å². The fourth-order valence-corrected chi connectivity index (χ4v) is 2.90. The van der Waals surface area contributed by atoms with Gasteiger partial charge in [0.1, 0.15) is 11.4 Å². The van der Waals surface area contributed by atoms with Gasteiger partial charge in [-0.3, -0.25) is 0 Å². The smallest absolute Gasteiger partial charge is 0.408 e. The third kappa shape index (κ3) is 5.05. The van der Waals surface area contributed by atoms with E-state index in [2.05, 4.69) is 16.8 Å².